The van der Waals surface area contributed by atoms with Gasteiger partial charge in [-0.05, 0) is 55.7 Å². The van der Waals surface area contributed by atoms with Gasteiger partial charge in [-0.25, -0.2) is 9.37 Å². The lowest BCUT2D eigenvalue weighted by Crippen LogP contribution is -2.30. The summed E-state index contributed by atoms with van der Waals surface area (Å²) < 4.78 is 15.0. The fourth-order valence-corrected chi connectivity index (χ4v) is 3.53. The second kappa shape index (κ2) is 7.87. The normalized spacial score (nSPS) is 12.9. The van der Waals surface area contributed by atoms with Crippen molar-refractivity contribution in [1.82, 2.24) is 9.55 Å². The van der Waals surface area contributed by atoms with E-state index >= 15 is 0 Å². The topological polar surface area (TPSA) is 67.2 Å². The van der Waals surface area contributed by atoms with Crippen molar-refractivity contribution < 1.29 is 14.0 Å². The smallest absolute Gasteiger partial charge is 0.294 e. The zero-order valence-corrected chi connectivity index (χ0v) is 16.1. The molecule has 2 aromatic carbocycles. The van der Waals surface area contributed by atoms with Crippen molar-refractivity contribution in [3.63, 3.8) is 0 Å². The highest BCUT2D eigenvalue weighted by Gasteiger charge is 2.29. The molecule has 0 radical (unpaired) electrons. The van der Waals surface area contributed by atoms with E-state index in [1.807, 2.05) is 34.9 Å². The van der Waals surface area contributed by atoms with Gasteiger partial charge in [0.2, 0.25) is 5.82 Å². The van der Waals surface area contributed by atoms with E-state index in [1.165, 1.54) is 29.2 Å². The van der Waals surface area contributed by atoms with Crippen LogP contribution in [0.5, 0.6) is 0 Å². The number of para-hydroxylation sites is 1. The number of anilines is 2. The lowest BCUT2D eigenvalue weighted by molar-refractivity contribution is 0.0978. The van der Waals surface area contributed by atoms with Crippen LogP contribution in [0.2, 0.25) is 0 Å². The number of rotatable bonds is 4. The Hall–Kier alpha value is -3.48. The number of benzene rings is 2. The van der Waals surface area contributed by atoms with Crippen LogP contribution in [0.4, 0.5) is 15.8 Å². The first kappa shape index (κ1) is 18.9. The van der Waals surface area contributed by atoms with Crippen LogP contribution in [0, 0.1) is 5.82 Å². The molecule has 1 N–H and O–H groups in total. The molecule has 4 rings (SSSR count). The van der Waals surface area contributed by atoms with Gasteiger partial charge in [-0.2, -0.15) is 0 Å². The van der Waals surface area contributed by atoms with Crippen molar-refractivity contribution in [3.05, 3.63) is 77.6 Å². The summed E-state index contributed by atoms with van der Waals surface area (Å²) in [6, 6.07) is 14.8. The molecule has 2 heterocycles. The highest BCUT2D eigenvalue weighted by Crippen LogP contribution is 2.24. The van der Waals surface area contributed by atoms with Gasteiger partial charge in [-0.3, -0.25) is 9.59 Å². The zero-order chi connectivity index (χ0) is 20.4. The molecule has 1 aliphatic heterocycles. The molecule has 0 aliphatic carbocycles. The number of nitrogens with zero attached hydrogens (tertiary/aromatic N) is 3. The SMILES string of the molecule is CN(C(=O)c1nc(C(=O)Nc2ccc(F)cc2)c2n1CCCC2)c1ccccc1. The van der Waals surface area contributed by atoms with E-state index in [0.717, 1.165) is 24.2 Å². The number of halogens is 1. The van der Waals surface area contributed by atoms with Gasteiger partial charge in [0, 0.05) is 25.0 Å². The summed E-state index contributed by atoms with van der Waals surface area (Å²) in [5.41, 5.74) is 2.24. The van der Waals surface area contributed by atoms with Gasteiger partial charge in [-0.15, -0.1) is 0 Å². The molecule has 6 nitrogen and oxygen atoms in total. The predicted octanol–water partition coefficient (Wildman–Crippen LogP) is 3.89. The van der Waals surface area contributed by atoms with E-state index in [4.69, 9.17) is 0 Å². The highest BCUT2D eigenvalue weighted by atomic mass is 19.1. The van der Waals surface area contributed by atoms with Crippen LogP contribution in [-0.2, 0) is 13.0 Å². The van der Waals surface area contributed by atoms with Crippen LogP contribution in [0.15, 0.2) is 54.6 Å². The van der Waals surface area contributed by atoms with Gasteiger partial charge in [-0.1, -0.05) is 18.2 Å². The molecule has 1 aliphatic rings. The maximum Gasteiger partial charge on any atom is 0.294 e. The van der Waals surface area contributed by atoms with Crippen molar-refractivity contribution >= 4 is 23.2 Å². The first-order valence-electron chi connectivity index (χ1n) is 9.54. The second-order valence-corrected chi connectivity index (χ2v) is 7.00. The van der Waals surface area contributed by atoms with Crippen molar-refractivity contribution in [1.29, 1.82) is 0 Å². The van der Waals surface area contributed by atoms with Crippen molar-refractivity contribution in [2.45, 2.75) is 25.8 Å². The van der Waals surface area contributed by atoms with Crippen LogP contribution in [0.3, 0.4) is 0 Å². The average Bonchev–Trinajstić information content (AvgIpc) is 3.15. The van der Waals surface area contributed by atoms with Gasteiger partial charge in [0.05, 0.1) is 5.69 Å². The monoisotopic (exact) mass is 392 g/mol. The van der Waals surface area contributed by atoms with E-state index in [-0.39, 0.29) is 23.2 Å². The number of fused-ring (bicyclic) bond motifs is 1. The second-order valence-electron chi connectivity index (χ2n) is 7.00. The largest absolute Gasteiger partial charge is 0.323 e. The van der Waals surface area contributed by atoms with Crippen LogP contribution < -0.4 is 10.2 Å². The molecule has 0 saturated carbocycles. The van der Waals surface area contributed by atoms with Crippen LogP contribution >= 0.6 is 0 Å². The van der Waals surface area contributed by atoms with Crippen molar-refractivity contribution in [2.75, 3.05) is 17.3 Å². The minimum absolute atomic E-state index is 0.249. The molecule has 0 bridgehead atoms. The lowest BCUT2D eigenvalue weighted by Gasteiger charge is -2.20. The molecule has 0 atom stereocenters. The number of hydrogen-bond acceptors (Lipinski definition) is 3. The molecular formula is C22H21FN4O2. The molecule has 0 saturated heterocycles. The van der Waals surface area contributed by atoms with E-state index in [9.17, 15) is 14.0 Å². The number of amides is 2. The molecule has 0 unspecified atom stereocenters. The van der Waals surface area contributed by atoms with E-state index in [2.05, 4.69) is 10.3 Å². The van der Waals surface area contributed by atoms with E-state index in [0.29, 0.717) is 18.7 Å². The molecule has 1 aromatic heterocycles. The Labute approximate surface area is 168 Å². The maximum atomic E-state index is 13.1. The summed E-state index contributed by atoms with van der Waals surface area (Å²) in [5, 5.41) is 2.74. The Morgan fingerprint density at radius 3 is 2.52 bits per heavy atom. The van der Waals surface area contributed by atoms with E-state index < -0.39 is 5.91 Å². The number of hydrogen-bond donors (Lipinski definition) is 1. The van der Waals surface area contributed by atoms with Crippen LogP contribution in [0.1, 0.15) is 39.6 Å². The first-order valence-corrected chi connectivity index (χ1v) is 9.54. The van der Waals surface area contributed by atoms with E-state index in [1.54, 1.807) is 7.05 Å². The number of carbonyl (C=O) groups is 2. The fourth-order valence-electron chi connectivity index (χ4n) is 3.53. The standard InChI is InChI=1S/C22H21FN4O2/c1-26(17-7-3-2-4-8-17)22(29)20-25-19(18-9-5-6-14-27(18)20)21(28)24-16-12-10-15(23)11-13-16/h2-4,7-8,10-13H,5-6,9,14H2,1H3,(H,24,28). The molecule has 2 amide bonds. The summed E-state index contributed by atoms with van der Waals surface area (Å²) in [7, 11) is 1.69. The molecule has 29 heavy (non-hydrogen) atoms. The Balaban J connectivity index is 1.66. The number of nitrogens with one attached hydrogen (secondary N) is 1. The molecule has 7 heteroatoms. The van der Waals surface area contributed by atoms with Crippen molar-refractivity contribution in [3.8, 4) is 0 Å². The summed E-state index contributed by atoms with van der Waals surface area (Å²) in [5.74, 6) is -0.779. The third-order valence-electron chi connectivity index (χ3n) is 5.07. The fraction of sp³-hybridized carbons (Fsp3) is 0.227. The lowest BCUT2D eigenvalue weighted by atomic mass is 10.1. The molecule has 3 aromatic rings. The minimum Gasteiger partial charge on any atom is -0.323 e. The zero-order valence-electron chi connectivity index (χ0n) is 16.1. The highest BCUT2D eigenvalue weighted by molar-refractivity contribution is 6.07. The summed E-state index contributed by atoms with van der Waals surface area (Å²) >= 11 is 0. The summed E-state index contributed by atoms with van der Waals surface area (Å²) in [6.07, 6.45) is 2.55. The molecule has 0 fully saturated rings. The summed E-state index contributed by atoms with van der Waals surface area (Å²) in [6.45, 7) is 0.649. The van der Waals surface area contributed by atoms with Gasteiger partial charge in [0.1, 0.15) is 5.82 Å². The number of imidazole rings is 1. The Bertz CT molecular complexity index is 1040. The Morgan fingerprint density at radius 2 is 1.79 bits per heavy atom. The summed E-state index contributed by atoms with van der Waals surface area (Å²) in [4.78, 5) is 31.9. The first-order chi connectivity index (χ1) is 14.0. The number of aromatic nitrogens is 2. The maximum absolute atomic E-state index is 13.1. The van der Waals surface area contributed by atoms with Crippen molar-refractivity contribution in [2.24, 2.45) is 0 Å². The predicted molar refractivity (Wildman–Crippen MR) is 109 cm³/mol. The average molecular weight is 392 g/mol. The van der Waals surface area contributed by atoms with Gasteiger partial charge in [0.15, 0.2) is 5.69 Å². The molecule has 0 spiro atoms. The van der Waals surface area contributed by atoms with Crippen LogP contribution in [0.25, 0.3) is 0 Å². The molecular weight excluding hydrogens is 371 g/mol. The third-order valence-corrected chi connectivity index (χ3v) is 5.07. The Morgan fingerprint density at radius 1 is 1.07 bits per heavy atom. The van der Waals surface area contributed by atoms with Gasteiger partial charge in [0.25, 0.3) is 11.8 Å². The van der Waals surface area contributed by atoms with Gasteiger partial charge < -0.3 is 14.8 Å². The number of carbonyl (C=O) groups excluding carboxylic acids is 2. The third kappa shape index (κ3) is 3.76. The van der Waals surface area contributed by atoms with Gasteiger partial charge >= 0.3 is 0 Å². The minimum atomic E-state index is -0.399. The quantitative estimate of drug-likeness (QED) is 0.733. The van der Waals surface area contributed by atoms with Crippen LogP contribution in [-0.4, -0.2) is 28.4 Å². The Kier molecular flexibility index (Phi) is 5.12. The molecule has 148 valence electrons.